The molecular formula is C18H29N3O2. The maximum atomic E-state index is 12.1. The molecule has 1 aromatic rings. The topological polar surface area (TPSA) is 64.6 Å². The second-order valence-electron chi connectivity index (χ2n) is 7.29. The first-order chi connectivity index (χ1) is 10.7. The summed E-state index contributed by atoms with van der Waals surface area (Å²) in [6, 6.07) is 7.71. The van der Waals surface area contributed by atoms with Crippen LogP contribution in [0.25, 0.3) is 0 Å². The minimum atomic E-state index is -0.969. The molecule has 0 aromatic heterocycles. The van der Waals surface area contributed by atoms with Gasteiger partial charge in [-0.1, -0.05) is 24.3 Å². The third kappa shape index (κ3) is 4.24. The van der Waals surface area contributed by atoms with E-state index in [4.69, 9.17) is 0 Å². The largest absolute Gasteiger partial charge is 0.383 e. The van der Waals surface area contributed by atoms with E-state index < -0.39 is 5.60 Å². The van der Waals surface area contributed by atoms with Crippen molar-refractivity contribution < 1.29 is 9.90 Å². The summed E-state index contributed by atoms with van der Waals surface area (Å²) in [4.78, 5) is 14.1. The van der Waals surface area contributed by atoms with Crippen LogP contribution in [0, 0.1) is 0 Å². The van der Waals surface area contributed by atoms with Crippen molar-refractivity contribution >= 4 is 6.03 Å². The number of likely N-dealkylation sites (N-methyl/N-ethyl adjacent to an activating group) is 1. The zero-order valence-electron chi connectivity index (χ0n) is 14.6. The molecule has 3 N–H and O–H groups in total. The highest BCUT2D eigenvalue weighted by atomic mass is 16.3. The Morgan fingerprint density at radius 1 is 1.30 bits per heavy atom. The molecule has 0 fully saturated rings. The van der Waals surface area contributed by atoms with Crippen molar-refractivity contribution in [3.63, 3.8) is 0 Å². The first kappa shape index (κ1) is 17.8. The van der Waals surface area contributed by atoms with Crippen molar-refractivity contribution in [3.05, 3.63) is 35.4 Å². The molecule has 23 heavy (non-hydrogen) atoms. The number of rotatable bonds is 5. The van der Waals surface area contributed by atoms with Crippen molar-refractivity contribution in [3.8, 4) is 0 Å². The Morgan fingerprint density at radius 3 is 2.70 bits per heavy atom. The Bertz CT molecular complexity index is 557. The van der Waals surface area contributed by atoms with Crippen LogP contribution in [0.15, 0.2) is 24.3 Å². The number of urea groups is 1. The van der Waals surface area contributed by atoms with Gasteiger partial charge in [0, 0.05) is 12.1 Å². The number of fused-ring (bicyclic) bond motifs is 1. The lowest BCUT2D eigenvalue weighted by Gasteiger charge is -2.35. The maximum absolute atomic E-state index is 12.1. The molecule has 0 radical (unpaired) electrons. The lowest BCUT2D eigenvalue weighted by atomic mass is 9.79. The zero-order valence-corrected chi connectivity index (χ0v) is 14.6. The van der Waals surface area contributed by atoms with Crippen molar-refractivity contribution in [1.29, 1.82) is 0 Å². The number of hydrogen-bond donors (Lipinski definition) is 3. The first-order valence-corrected chi connectivity index (χ1v) is 8.24. The molecule has 1 unspecified atom stereocenters. The van der Waals surface area contributed by atoms with Crippen LogP contribution in [-0.2, 0) is 12.0 Å². The fraction of sp³-hybridized carbons (Fsp3) is 0.611. The number of nitrogens with zero attached hydrogens (tertiary/aromatic N) is 1. The Labute approximate surface area is 139 Å². The van der Waals surface area contributed by atoms with Gasteiger partial charge in [0.15, 0.2) is 0 Å². The lowest BCUT2D eigenvalue weighted by Crippen LogP contribution is -2.52. The van der Waals surface area contributed by atoms with Crippen molar-refractivity contribution in [2.75, 3.05) is 27.2 Å². The van der Waals surface area contributed by atoms with Gasteiger partial charge in [-0.25, -0.2) is 4.79 Å². The Morgan fingerprint density at radius 2 is 2.00 bits per heavy atom. The molecule has 0 spiro atoms. The van der Waals surface area contributed by atoms with E-state index in [1.807, 2.05) is 32.3 Å². The van der Waals surface area contributed by atoms with Crippen LogP contribution in [0.3, 0.4) is 0 Å². The minimum absolute atomic E-state index is 0.119. The van der Waals surface area contributed by atoms with E-state index in [2.05, 4.69) is 35.4 Å². The molecule has 128 valence electrons. The smallest absolute Gasteiger partial charge is 0.314 e. The molecule has 1 aliphatic carbocycles. The predicted octanol–water partition coefficient (Wildman–Crippen LogP) is 1.85. The second-order valence-corrected chi connectivity index (χ2v) is 7.29. The van der Waals surface area contributed by atoms with Gasteiger partial charge in [-0.05, 0) is 58.3 Å². The molecule has 0 bridgehead atoms. The number of hydrogen-bond acceptors (Lipinski definition) is 3. The van der Waals surface area contributed by atoms with Gasteiger partial charge in [0.1, 0.15) is 5.60 Å². The molecule has 2 amide bonds. The highest BCUT2D eigenvalue weighted by Crippen LogP contribution is 2.34. The van der Waals surface area contributed by atoms with Crippen LogP contribution in [0.4, 0.5) is 4.79 Å². The minimum Gasteiger partial charge on any atom is -0.383 e. The Kier molecular flexibility index (Phi) is 5.32. The fourth-order valence-electron chi connectivity index (χ4n) is 2.83. The molecule has 5 heteroatoms. The molecule has 0 saturated carbocycles. The molecule has 0 heterocycles. The second kappa shape index (κ2) is 6.89. The molecule has 1 atom stereocenters. The van der Waals surface area contributed by atoms with E-state index in [0.29, 0.717) is 13.0 Å². The van der Waals surface area contributed by atoms with E-state index in [1.165, 1.54) is 5.56 Å². The van der Waals surface area contributed by atoms with E-state index in [0.717, 1.165) is 18.4 Å². The van der Waals surface area contributed by atoms with Crippen molar-refractivity contribution in [1.82, 2.24) is 15.5 Å². The van der Waals surface area contributed by atoms with Gasteiger partial charge < -0.3 is 20.6 Å². The summed E-state index contributed by atoms with van der Waals surface area (Å²) >= 11 is 0. The normalized spacial score (nSPS) is 21.0. The SMILES string of the molecule is CN(C)C(C)(C)CNC(=O)NCC1(O)CCCc2ccccc21. The van der Waals surface area contributed by atoms with Crippen molar-refractivity contribution in [2.45, 2.75) is 44.2 Å². The molecule has 5 nitrogen and oxygen atoms in total. The molecule has 0 saturated heterocycles. The molecule has 0 aliphatic heterocycles. The average molecular weight is 319 g/mol. The molecular weight excluding hydrogens is 290 g/mol. The average Bonchev–Trinajstić information content (AvgIpc) is 2.51. The van der Waals surface area contributed by atoms with Crippen LogP contribution < -0.4 is 10.6 Å². The van der Waals surface area contributed by atoms with Crippen LogP contribution in [-0.4, -0.2) is 48.8 Å². The van der Waals surface area contributed by atoms with Crippen molar-refractivity contribution in [2.24, 2.45) is 0 Å². The van der Waals surface area contributed by atoms with Crippen LogP contribution in [0.1, 0.15) is 37.8 Å². The van der Waals surface area contributed by atoms with Gasteiger partial charge in [0.25, 0.3) is 0 Å². The molecule has 1 aromatic carbocycles. The monoisotopic (exact) mass is 319 g/mol. The number of benzene rings is 1. The van der Waals surface area contributed by atoms with Gasteiger partial charge in [0.05, 0.1) is 6.54 Å². The van der Waals surface area contributed by atoms with Gasteiger partial charge in [-0.3, -0.25) is 0 Å². The molecule has 2 rings (SSSR count). The van der Waals surface area contributed by atoms with Crippen LogP contribution in [0.5, 0.6) is 0 Å². The van der Waals surface area contributed by atoms with Crippen LogP contribution in [0.2, 0.25) is 0 Å². The van der Waals surface area contributed by atoms with Gasteiger partial charge in [-0.2, -0.15) is 0 Å². The number of aliphatic hydroxyl groups is 1. The summed E-state index contributed by atoms with van der Waals surface area (Å²) in [6.45, 7) is 4.91. The first-order valence-electron chi connectivity index (χ1n) is 8.24. The highest BCUT2D eigenvalue weighted by Gasteiger charge is 2.34. The quantitative estimate of drug-likeness (QED) is 0.776. The number of nitrogens with one attached hydrogen (secondary N) is 2. The Hall–Kier alpha value is -1.59. The predicted molar refractivity (Wildman–Crippen MR) is 92.4 cm³/mol. The highest BCUT2D eigenvalue weighted by molar-refractivity contribution is 5.74. The number of aryl methyl sites for hydroxylation is 1. The van der Waals surface area contributed by atoms with E-state index in [-0.39, 0.29) is 18.1 Å². The fourth-order valence-corrected chi connectivity index (χ4v) is 2.83. The summed E-state index contributed by atoms with van der Waals surface area (Å²) in [7, 11) is 3.97. The summed E-state index contributed by atoms with van der Waals surface area (Å²) in [5.41, 5.74) is 1.03. The number of amides is 2. The third-order valence-electron chi connectivity index (χ3n) is 4.99. The standard InChI is InChI=1S/C18H29N3O2/c1-17(2,21(3)4)12-19-16(22)20-13-18(23)11-7-9-14-8-5-6-10-15(14)18/h5-6,8,10,23H,7,9,11-13H2,1-4H3,(H2,19,20,22). The summed E-state index contributed by atoms with van der Waals surface area (Å²) in [5.74, 6) is 0. The maximum Gasteiger partial charge on any atom is 0.314 e. The van der Waals surface area contributed by atoms with E-state index >= 15 is 0 Å². The van der Waals surface area contributed by atoms with Gasteiger partial charge in [-0.15, -0.1) is 0 Å². The zero-order chi connectivity index (χ0) is 17.1. The van der Waals surface area contributed by atoms with E-state index in [1.54, 1.807) is 0 Å². The third-order valence-corrected chi connectivity index (χ3v) is 4.99. The van der Waals surface area contributed by atoms with Crippen LogP contribution >= 0.6 is 0 Å². The van der Waals surface area contributed by atoms with Gasteiger partial charge in [0.2, 0.25) is 0 Å². The number of carbonyl (C=O) groups excluding carboxylic acids is 1. The van der Waals surface area contributed by atoms with E-state index in [9.17, 15) is 9.90 Å². The summed E-state index contributed by atoms with van der Waals surface area (Å²) in [6.07, 6.45) is 2.60. The number of carbonyl (C=O) groups is 1. The lowest BCUT2D eigenvalue weighted by molar-refractivity contribution is 0.0216. The molecule has 1 aliphatic rings. The summed E-state index contributed by atoms with van der Waals surface area (Å²) in [5, 5.41) is 16.6. The Balaban J connectivity index is 1.92. The summed E-state index contributed by atoms with van der Waals surface area (Å²) < 4.78 is 0. The van der Waals surface area contributed by atoms with Gasteiger partial charge >= 0.3 is 6.03 Å².